The van der Waals surface area contributed by atoms with E-state index in [0.717, 1.165) is 28.2 Å². The van der Waals surface area contributed by atoms with E-state index in [2.05, 4.69) is 10.3 Å². The minimum absolute atomic E-state index is 0.0467. The molecule has 4 rings (SSSR count). The topological polar surface area (TPSA) is 192 Å². The van der Waals surface area contributed by atoms with Crippen molar-refractivity contribution < 1.29 is 46.5 Å². The Hall–Kier alpha value is -5.35. The molecule has 3 amide bonds. The number of halogens is 2. The molecule has 0 aliphatic heterocycles. The van der Waals surface area contributed by atoms with Crippen molar-refractivity contribution in [1.29, 1.82) is 0 Å². The van der Waals surface area contributed by atoms with Gasteiger partial charge in [-0.1, -0.05) is 25.1 Å². The predicted molar refractivity (Wildman–Crippen MR) is 201 cm³/mol. The number of sulfone groups is 1. The molecule has 0 bridgehead atoms. The van der Waals surface area contributed by atoms with E-state index in [4.69, 9.17) is 10.5 Å². The molecule has 16 heteroatoms. The van der Waals surface area contributed by atoms with Gasteiger partial charge in [0, 0.05) is 43.4 Å². The molecule has 0 radical (unpaired) electrons. The van der Waals surface area contributed by atoms with E-state index in [1.807, 2.05) is 6.92 Å². The van der Waals surface area contributed by atoms with Gasteiger partial charge in [-0.05, 0) is 99.5 Å². The lowest BCUT2D eigenvalue weighted by Gasteiger charge is -2.28. The summed E-state index contributed by atoms with van der Waals surface area (Å²) in [4.78, 5) is 44.4. The smallest absolute Gasteiger partial charge is 0.425 e. The van der Waals surface area contributed by atoms with Crippen LogP contribution in [0.1, 0.15) is 75.8 Å². The number of nitrogen functional groups attached to an aromatic ring is 1. The third-order valence-corrected chi connectivity index (χ3v) is 10.9. The minimum atomic E-state index is -4.15. The van der Waals surface area contributed by atoms with E-state index in [1.54, 1.807) is 45.9 Å². The number of anilines is 3. The Bertz CT molecular complexity index is 2210. The van der Waals surface area contributed by atoms with Crippen LogP contribution in [0.15, 0.2) is 59.6 Å². The molecule has 54 heavy (non-hydrogen) atoms. The van der Waals surface area contributed by atoms with Gasteiger partial charge in [0.1, 0.15) is 28.2 Å². The van der Waals surface area contributed by atoms with E-state index in [-0.39, 0.29) is 51.7 Å². The number of aliphatic hydroxyl groups excluding tert-OH is 1. The fourth-order valence-electron chi connectivity index (χ4n) is 5.90. The average Bonchev–Trinajstić information content (AvgIpc) is 3.05. The van der Waals surface area contributed by atoms with Gasteiger partial charge in [-0.2, -0.15) is 4.90 Å². The van der Waals surface area contributed by atoms with Crippen LogP contribution in [0.2, 0.25) is 0 Å². The molecular formula is C38H45F2N5O8S. The second-order valence-electron chi connectivity index (χ2n) is 14.3. The van der Waals surface area contributed by atoms with Crippen LogP contribution in [0.5, 0.6) is 0 Å². The lowest BCUT2D eigenvalue weighted by Crippen LogP contribution is -2.40. The number of ether oxygens (including phenoxy) is 1. The van der Waals surface area contributed by atoms with Crippen molar-refractivity contribution in [2.75, 3.05) is 29.6 Å². The van der Waals surface area contributed by atoms with Crippen LogP contribution in [0.4, 0.5) is 35.6 Å². The Labute approximate surface area is 312 Å². The first-order valence-corrected chi connectivity index (χ1v) is 18.5. The number of carboxylic acid groups (broad SMARTS) is 1. The summed E-state index contributed by atoms with van der Waals surface area (Å²) in [5.74, 6) is -3.28. The number of hydrogen-bond donors (Lipinski definition) is 4. The molecule has 0 fully saturated rings. The van der Waals surface area contributed by atoms with Crippen LogP contribution in [-0.2, 0) is 25.9 Å². The second-order valence-corrected chi connectivity index (χ2v) is 16.8. The maximum Gasteiger partial charge on any atom is 0.425 e. The molecule has 0 aliphatic carbocycles. The number of likely N-dealkylation sites (N-methyl/N-ethyl adjacent to an activating group) is 1. The van der Waals surface area contributed by atoms with Crippen molar-refractivity contribution in [3.8, 4) is 0 Å². The van der Waals surface area contributed by atoms with Crippen molar-refractivity contribution in [3.05, 3.63) is 88.6 Å². The highest BCUT2D eigenvalue weighted by molar-refractivity contribution is 7.92. The molecule has 13 nitrogen and oxygen atoms in total. The monoisotopic (exact) mass is 769 g/mol. The van der Waals surface area contributed by atoms with Gasteiger partial charge in [0.05, 0.1) is 10.9 Å². The molecule has 0 saturated carbocycles. The van der Waals surface area contributed by atoms with Gasteiger partial charge in [0.2, 0.25) is 5.91 Å². The van der Waals surface area contributed by atoms with Crippen LogP contribution in [0, 0.1) is 18.6 Å². The summed E-state index contributed by atoms with van der Waals surface area (Å²) in [7, 11) is -2.77. The van der Waals surface area contributed by atoms with Crippen molar-refractivity contribution in [1.82, 2.24) is 9.88 Å². The van der Waals surface area contributed by atoms with Gasteiger partial charge in [-0.15, -0.1) is 0 Å². The molecule has 1 unspecified atom stereocenters. The fourth-order valence-corrected chi connectivity index (χ4v) is 7.19. The highest BCUT2D eigenvalue weighted by Gasteiger charge is 2.33. The van der Waals surface area contributed by atoms with Crippen LogP contribution in [0.3, 0.4) is 0 Å². The summed E-state index contributed by atoms with van der Waals surface area (Å²) in [6.07, 6.45) is -1.72. The van der Waals surface area contributed by atoms with Gasteiger partial charge in [-0.25, -0.2) is 31.8 Å². The number of carbonyl (C=O) groups is 3. The molecule has 3 aromatic carbocycles. The van der Waals surface area contributed by atoms with E-state index in [0.29, 0.717) is 5.56 Å². The number of pyridine rings is 1. The second kappa shape index (κ2) is 15.9. The number of aromatic nitrogens is 1. The lowest BCUT2D eigenvalue weighted by atomic mass is 9.93. The quantitative estimate of drug-likeness (QED) is 0.116. The summed E-state index contributed by atoms with van der Waals surface area (Å²) >= 11 is 0. The molecule has 1 aromatic heterocycles. The van der Waals surface area contributed by atoms with Crippen molar-refractivity contribution >= 4 is 55.9 Å². The van der Waals surface area contributed by atoms with Crippen LogP contribution in [-0.4, -0.2) is 71.1 Å². The molecule has 4 aromatic rings. The number of benzene rings is 3. The number of imide groups is 1. The molecule has 5 N–H and O–H groups in total. The number of nitrogens with two attached hydrogens (primary N) is 1. The van der Waals surface area contributed by atoms with Crippen LogP contribution in [0.25, 0.3) is 10.8 Å². The number of hydrogen-bond acceptors (Lipinski definition) is 10. The average molecular weight is 770 g/mol. The number of amides is 3. The molecule has 1 heterocycles. The Morgan fingerprint density at radius 3 is 2.26 bits per heavy atom. The molecule has 0 saturated heterocycles. The first-order valence-electron chi connectivity index (χ1n) is 17.0. The SMILES string of the molecule is Cc1cc(C(Nc2cc3ccnc(N(C(=O)O)C(=O)OC(C)(C)C)c3cc2F)C(=O)N(C)Cc2cc(N)cc(F)c2S(=O)(=O)C(C)C)ccc1[C@@H](C)CO. The Kier molecular flexibility index (Phi) is 12.2. The minimum Gasteiger partial charge on any atom is -0.464 e. The summed E-state index contributed by atoms with van der Waals surface area (Å²) in [5, 5.41) is 21.8. The number of fused-ring (bicyclic) bond motifs is 1. The van der Waals surface area contributed by atoms with E-state index in [9.17, 15) is 33.0 Å². The summed E-state index contributed by atoms with van der Waals surface area (Å²) in [6.45, 7) is 10.6. The van der Waals surface area contributed by atoms with Gasteiger partial charge in [0.25, 0.3) is 0 Å². The van der Waals surface area contributed by atoms with Crippen LogP contribution < -0.4 is 16.0 Å². The van der Waals surface area contributed by atoms with E-state index >= 15 is 8.78 Å². The highest BCUT2D eigenvalue weighted by atomic mass is 32.2. The Balaban J connectivity index is 1.83. The van der Waals surface area contributed by atoms with Gasteiger partial charge < -0.3 is 30.9 Å². The molecule has 290 valence electrons. The number of aliphatic hydroxyl groups is 1. The molecule has 0 spiro atoms. The zero-order valence-corrected chi connectivity index (χ0v) is 32.1. The summed E-state index contributed by atoms with van der Waals surface area (Å²) in [6, 6.07) is 9.70. The van der Waals surface area contributed by atoms with E-state index < -0.39 is 67.2 Å². The van der Waals surface area contributed by atoms with Gasteiger partial charge in [-0.3, -0.25) is 4.79 Å². The third kappa shape index (κ3) is 8.88. The summed E-state index contributed by atoms with van der Waals surface area (Å²) < 4.78 is 63.0. The zero-order chi connectivity index (χ0) is 40.4. The molecule has 0 aliphatic rings. The predicted octanol–water partition coefficient (Wildman–Crippen LogP) is 6.91. The Morgan fingerprint density at radius 2 is 1.69 bits per heavy atom. The van der Waals surface area contributed by atoms with Crippen molar-refractivity contribution in [2.45, 2.75) is 82.7 Å². The number of nitrogens with one attached hydrogen (secondary N) is 1. The molecule has 2 atom stereocenters. The largest absolute Gasteiger partial charge is 0.464 e. The zero-order valence-electron chi connectivity index (χ0n) is 31.3. The first-order chi connectivity index (χ1) is 25.1. The number of aryl methyl sites for hydroxylation is 1. The fraction of sp³-hybridized carbons (Fsp3) is 0.368. The third-order valence-electron chi connectivity index (χ3n) is 8.62. The maximum absolute atomic E-state index is 16.1. The lowest BCUT2D eigenvalue weighted by molar-refractivity contribution is -0.131. The first kappa shape index (κ1) is 41.4. The number of carbonyl (C=O) groups excluding carboxylic acids is 2. The highest BCUT2D eigenvalue weighted by Crippen LogP contribution is 2.34. The normalized spacial score (nSPS) is 13.0. The standard InChI is InChI=1S/C38H45F2N5O8S/c1-20(2)54(51,52)33-25(14-26(41)16-30(33)40)18-44(8)35(47)32(24-9-10-27(21(3)13-24)22(4)19-46)43-31-15-23-11-12-42-34(28(23)17-29(31)39)45(36(48)49)37(50)53-38(5,6)7/h9-17,20,22,32,43,46H,18-19,41H2,1-8H3,(H,48,49)/t22-,32?/m0/s1. The maximum atomic E-state index is 16.1. The van der Waals surface area contributed by atoms with E-state index in [1.165, 1.54) is 45.3 Å². The molecular weight excluding hydrogens is 725 g/mol. The van der Waals surface area contributed by atoms with Crippen molar-refractivity contribution in [3.63, 3.8) is 0 Å². The van der Waals surface area contributed by atoms with Gasteiger partial charge in [0.15, 0.2) is 15.7 Å². The summed E-state index contributed by atoms with van der Waals surface area (Å²) in [5.41, 5.74) is 6.47. The van der Waals surface area contributed by atoms with Crippen LogP contribution >= 0.6 is 0 Å². The van der Waals surface area contributed by atoms with Crippen molar-refractivity contribution in [2.24, 2.45) is 0 Å². The van der Waals surface area contributed by atoms with Gasteiger partial charge >= 0.3 is 12.2 Å². The number of nitrogens with zero attached hydrogens (tertiary/aromatic N) is 3. The number of rotatable bonds is 11. The Morgan fingerprint density at radius 1 is 1.02 bits per heavy atom.